The number of hydrogen-bond acceptors (Lipinski definition) is 6. The van der Waals surface area contributed by atoms with E-state index in [1.54, 1.807) is 39.0 Å². The van der Waals surface area contributed by atoms with E-state index in [2.05, 4.69) is 10.5 Å². The molecule has 9 heteroatoms. The Morgan fingerprint density at radius 2 is 1.82 bits per heavy atom. The summed E-state index contributed by atoms with van der Waals surface area (Å²) >= 11 is 14.1. The number of nitrogens with zero attached hydrogens (tertiary/aromatic N) is 1. The van der Waals surface area contributed by atoms with Crippen LogP contribution in [0, 0.1) is 6.92 Å². The third-order valence-corrected chi connectivity index (χ3v) is 7.32. The first-order valence-corrected chi connectivity index (χ1v) is 12.4. The van der Waals surface area contributed by atoms with Gasteiger partial charge in [0.2, 0.25) is 0 Å². The predicted molar refractivity (Wildman–Crippen MR) is 131 cm³/mol. The molecule has 0 saturated carbocycles. The number of ether oxygens (including phenoxy) is 1. The SMILES string of the molecule is Cc1onc(-c2c(Cl)cccc2Cl)c1C(=O)Nc1sc2c(c1C(=O)OC(C)C)CCCCC2. The number of aryl methyl sites for hydroxylation is 2. The van der Waals surface area contributed by atoms with Crippen LogP contribution in [0.15, 0.2) is 22.7 Å². The highest BCUT2D eigenvalue weighted by molar-refractivity contribution is 7.17. The first-order chi connectivity index (χ1) is 15.8. The van der Waals surface area contributed by atoms with E-state index in [9.17, 15) is 9.59 Å². The van der Waals surface area contributed by atoms with Gasteiger partial charge in [-0.2, -0.15) is 0 Å². The fraction of sp³-hybridized carbons (Fsp3) is 0.375. The smallest absolute Gasteiger partial charge is 0.341 e. The van der Waals surface area contributed by atoms with Crippen LogP contribution in [0.3, 0.4) is 0 Å². The maximum absolute atomic E-state index is 13.4. The standard InChI is InChI=1S/C24H24Cl2N2O4S/c1-12(2)31-24(30)19-14-8-5-4-6-11-17(14)33-23(19)27-22(29)18-13(3)32-28-21(18)20-15(25)9-7-10-16(20)26/h7,9-10,12H,4-6,8,11H2,1-3H3,(H,27,29). The van der Waals surface area contributed by atoms with Crippen molar-refractivity contribution in [3.63, 3.8) is 0 Å². The Balaban J connectivity index is 1.75. The third kappa shape index (κ3) is 4.81. The Kier molecular flexibility index (Phi) is 7.12. The number of halogens is 2. The van der Waals surface area contributed by atoms with Gasteiger partial charge in [0.1, 0.15) is 22.0 Å². The fourth-order valence-corrected chi connectivity index (χ4v) is 5.87. The molecule has 0 unspecified atom stereocenters. The lowest BCUT2D eigenvalue weighted by molar-refractivity contribution is 0.0378. The monoisotopic (exact) mass is 506 g/mol. The number of amides is 1. The van der Waals surface area contributed by atoms with Crippen molar-refractivity contribution >= 4 is 51.4 Å². The molecular weight excluding hydrogens is 483 g/mol. The largest absolute Gasteiger partial charge is 0.459 e. The average Bonchev–Trinajstić information content (AvgIpc) is 3.19. The summed E-state index contributed by atoms with van der Waals surface area (Å²) in [6, 6.07) is 5.06. The lowest BCUT2D eigenvalue weighted by atomic mass is 10.0. The minimum Gasteiger partial charge on any atom is -0.459 e. The number of nitrogens with one attached hydrogen (secondary N) is 1. The molecule has 0 radical (unpaired) electrons. The van der Waals surface area contributed by atoms with Crippen LogP contribution in [-0.2, 0) is 17.6 Å². The summed E-state index contributed by atoms with van der Waals surface area (Å²) in [5.74, 6) is -0.547. The number of carbonyl (C=O) groups is 2. The Hall–Kier alpha value is -2.35. The van der Waals surface area contributed by atoms with Gasteiger partial charge in [0.15, 0.2) is 0 Å². The van der Waals surface area contributed by atoms with E-state index in [1.807, 2.05) is 0 Å². The highest BCUT2D eigenvalue weighted by Crippen LogP contribution is 2.40. The number of rotatable bonds is 5. The number of anilines is 1. The van der Waals surface area contributed by atoms with E-state index in [4.69, 9.17) is 32.5 Å². The fourth-order valence-electron chi connectivity index (χ4n) is 4.02. The zero-order valence-electron chi connectivity index (χ0n) is 18.6. The van der Waals surface area contributed by atoms with Crippen molar-refractivity contribution in [2.45, 2.75) is 59.0 Å². The molecule has 2 heterocycles. The van der Waals surface area contributed by atoms with Crippen molar-refractivity contribution in [2.75, 3.05) is 5.32 Å². The predicted octanol–water partition coefficient (Wildman–Crippen LogP) is 7.10. The number of aromatic nitrogens is 1. The van der Waals surface area contributed by atoms with Crippen molar-refractivity contribution in [2.24, 2.45) is 0 Å². The van der Waals surface area contributed by atoms with Gasteiger partial charge in [-0.1, -0.05) is 40.8 Å². The molecule has 0 aliphatic heterocycles. The number of hydrogen-bond donors (Lipinski definition) is 1. The number of benzene rings is 1. The van der Waals surface area contributed by atoms with Gasteiger partial charge in [0.25, 0.3) is 5.91 Å². The molecule has 0 spiro atoms. The molecule has 3 aromatic rings. The molecule has 1 aliphatic rings. The van der Waals surface area contributed by atoms with Crippen LogP contribution in [0.2, 0.25) is 10.0 Å². The normalized spacial score (nSPS) is 13.5. The summed E-state index contributed by atoms with van der Waals surface area (Å²) in [4.78, 5) is 27.6. The van der Waals surface area contributed by atoms with Crippen LogP contribution in [0.25, 0.3) is 11.3 Å². The van der Waals surface area contributed by atoms with Gasteiger partial charge in [-0.05, 0) is 64.2 Å². The Morgan fingerprint density at radius 1 is 1.12 bits per heavy atom. The molecule has 1 aromatic carbocycles. The van der Waals surface area contributed by atoms with Crippen LogP contribution >= 0.6 is 34.5 Å². The number of carbonyl (C=O) groups excluding carboxylic acids is 2. The van der Waals surface area contributed by atoms with Crippen LogP contribution in [0.1, 0.15) is 70.0 Å². The van der Waals surface area contributed by atoms with E-state index in [1.165, 1.54) is 11.3 Å². The molecule has 1 N–H and O–H groups in total. The molecule has 1 amide bonds. The summed E-state index contributed by atoms with van der Waals surface area (Å²) < 4.78 is 10.8. The first kappa shape index (κ1) is 23.8. The summed E-state index contributed by atoms with van der Waals surface area (Å²) in [7, 11) is 0. The first-order valence-electron chi connectivity index (χ1n) is 10.9. The summed E-state index contributed by atoms with van der Waals surface area (Å²) in [6.07, 6.45) is 4.57. The quantitative estimate of drug-likeness (QED) is 0.294. The second-order valence-corrected chi connectivity index (χ2v) is 10.2. The summed E-state index contributed by atoms with van der Waals surface area (Å²) in [6.45, 7) is 5.26. The molecule has 6 nitrogen and oxygen atoms in total. The molecule has 2 aromatic heterocycles. The topological polar surface area (TPSA) is 81.4 Å². The second kappa shape index (κ2) is 9.87. The van der Waals surface area contributed by atoms with Gasteiger partial charge in [-0.3, -0.25) is 4.79 Å². The molecule has 174 valence electrons. The van der Waals surface area contributed by atoms with E-state index in [0.29, 0.717) is 31.9 Å². The molecule has 4 rings (SSSR count). The highest BCUT2D eigenvalue weighted by atomic mass is 35.5. The molecule has 0 atom stereocenters. The van der Waals surface area contributed by atoms with E-state index >= 15 is 0 Å². The van der Waals surface area contributed by atoms with Gasteiger partial charge in [0.05, 0.1) is 21.7 Å². The van der Waals surface area contributed by atoms with Gasteiger partial charge in [-0.25, -0.2) is 4.79 Å². The van der Waals surface area contributed by atoms with Crippen LogP contribution < -0.4 is 5.32 Å². The van der Waals surface area contributed by atoms with E-state index in [0.717, 1.165) is 42.5 Å². The minimum atomic E-state index is -0.449. The lowest BCUT2D eigenvalue weighted by Gasteiger charge is -2.12. The van der Waals surface area contributed by atoms with Gasteiger partial charge in [0, 0.05) is 10.4 Å². The van der Waals surface area contributed by atoms with Crippen LogP contribution in [-0.4, -0.2) is 23.1 Å². The minimum absolute atomic E-state index is 0.219. The third-order valence-electron chi connectivity index (χ3n) is 5.48. The zero-order chi connectivity index (χ0) is 23.7. The van der Waals surface area contributed by atoms with E-state index in [-0.39, 0.29) is 17.4 Å². The molecule has 33 heavy (non-hydrogen) atoms. The van der Waals surface area contributed by atoms with Gasteiger partial charge < -0.3 is 14.6 Å². The Bertz CT molecular complexity index is 1200. The molecule has 0 bridgehead atoms. The van der Waals surface area contributed by atoms with Crippen LogP contribution in [0.5, 0.6) is 0 Å². The average molecular weight is 507 g/mol. The van der Waals surface area contributed by atoms with E-state index < -0.39 is 11.9 Å². The maximum atomic E-state index is 13.4. The molecular formula is C24H24Cl2N2O4S. The van der Waals surface area contributed by atoms with Crippen molar-refractivity contribution in [1.82, 2.24) is 5.16 Å². The molecule has 1 aliphatic carbocycles. The summed E-state index contributed by atoms with van der Waals surface area (Å²) in [5.41, 5.74) is 2.33. The van der Waals surface area contributed by atoms with Crippen molar-refractivity contribution < 1.29 is 18.8 Å². The van der Waals surface area contributed by atoms with Gasteiger partial charge >= 0.3 is 5.97 Å². The highest BCUT2D eigenvalue weighted by Gasteiger charge is 2.30. The number of esters is 1. The Labute approximate surface area is 206 Å². The number of fused-ring (bicyclic) bond motifs is 1. The second-order valence-electron chi connectivity index (χ2n) is 8.24. The Morgan fingerprint density at radius 3 is 2.52 bits per heavy atom. The lowest BCUT2D eigenvalue weighted by Crippen LogP contribution is -2.18. The maximum Gasteiger partial charge on any atom is 0.341 e. The van der Waals surface area contributed by atoms with Crippen molar-refractivity contribution in [1.29, 1.82) is 0 Å². The van der Waals surface area contributed by atoms with Gasteiger partial charge in [-0.15, -0.1) is 11.3 Å². The number of thiophene rings is 1. The van der Waals surface area contributed by atoms with Crippen molar-refractivity contribution in [3.05, 3.63) is 55.6 Å². The zero-order valence-corrected chi connectivity index (χ0v) is 20.9. The summed E-state index contributed by atoms with van der Waals surface area (Å²) in [5, 5.41) is 8.17. The molecule has 0 fully saturated rings. The molecule has 0 saturated heterocycles. The van der Waals surface area contributed by atoms with Crippen LogP contribution in [0.4, 0.5) is 5.00 Å². The van der Waals surface area contributed by atoms with Crippen molar-refractivity contribution in [3.8, 4) is 11.3 Å².